The molecule has 0 saturated carbocycles. The number of methoxy groups -OCH3 is 1. The zero-order chi connectivity index (χ0) is 11.8. The van der Waals surface area contributed by atoms with Crippen LogP contribution in [0, 0.1) is 0 Å². The Bertz CT molecular complexity index is 330. The second kappa shape index (κ2) is 7.65. The van der Waals surface area contributed by atoms with Crippen LogP contribution in [-0.2, 0) is 4.74 Å². The van der Waals surface area contributed by atoms with Gasteiger partial charge in [-0.15, -0.1) is 11.3 Å². The Morgan fingerprint density at radius 1 is 1.56 bits per heavy atom. The van der Waals surface area contributed by atoms with Crippen molar-refractivity contribution in [1.82, 2.24) is 5.32 Å². The van der Waals surface area contributed by atoms with Crippen molar-refractivity contribution < 1.29 is 14.3 Å². The van der Waals surface area contributed by atoms with E-state index in [-0.39, 0.29) is 5.91 Å². The number of rotatable bonds is 7. The molecule has 0 bridgehead atoms. The summed E-state index contributed by atoms with van der Waals surface area (Å²) in [6, 6.07) is 1.78. The first-order valence-electron chi connectivity index (χ1n) is 4.83. The molecule has 1 amide bonds. The fourth-order valence-corrected chi connectivity index (χ4v) is 2.10. The van der Waals surface area contributed by atoms with Crippen molar-refractivity contribution in [1.29, 1.82) is 0 Å². The lowest BCUT2D eigenvalue weighted by Gasteiger charge is -2.05. The Morgan fingerprint density at radius 3 is 3.06 bits per heavy atom. The van der Waals surface area contributed by atoms with Crippen molar-refractivity contribution in [3.63, 3.8) is 0 Å². The normalized spacial score (nSPS) is 10.1. The van der Waals surface area contributed by atoms with Crippen molar-refractivity contribution in [2.75, 3.05) is 32.2 Å². The molecule has 0 fully saturated rings. The van der Waals surface area contributed by atoms with Crippen LogP contribution in [0.25, 0.3) is 0 Å². The smallest absolute Gasteiger partial charge is 0.265 e. The van der Waals surface area contributed by atoms with Gasteiger partial charge in [0.2, 0.25) is 0 Å². The van der Waals surface area contributed by atoms with E-state index in [1.165, 1.54) is 11.3 Å². The Kier molecular flexibility index (Phi) is 6.44. The van der Waals surface area contributed by atoms with Crippen molar-refractivity contribution in [3.05, 3.63) is 16.3 Å². The van der Waals surface area contributed by atoms with Crippen molar-refractivity contribution in [3.8, 4) is 5.75 Å². The average molecular weight is 308 g/mol. The van der Waals surface area contributed by atoms with Gasteiger partial charge in [0.15, 0.2) is 0 Å². The van der Waals surface area contributed by atoms with Gasteiger partial charge in [-0.25, -0.2) is 0 Å². The molecule has 0 radical (unpaired) electrons. The zero-order valence-corrected chi connectivity index (χ0v) is 11.4. The summed E-state index contributed by atoms with van der Waals surface area (Å²) in [4.78, 5) is 12.3. The van der Waals surface area contributed by atoms with Crippen LogP contribution in [0.5, 0.6) is 5.75 Å². The number of amides is 1. The highest BCUT2D eigenvalue weighted by Crippen LogP contribution is 2.23. The summed E-state index contributed by atoms with van der Waals surface area (Å²) in [7, 11) is 1.55. The van der Waals surface area contributed by atoms with E-state index in [9.17, 15) is 4.79 Å². The van der Waals surface area contributed by atoms with Crippen LogP contribution in [0.3, 0.4) is 0 Å². The maximum atomic E-state index is 11.7. The Balaban J connectivity index is 2.30. The van der Waals surface area contributed by atoms with Gasteiger partial charge >= 0.3 is 0 Å². The monoisotopic (exact) mass is 307 g/mol. The largest absolute Gasteiger partial charge is 0.495 e. The molecule has 0 spiro atoms. The number of ether oxygens (including phenoxy) is 2. The molecular formula is C10H14BrNO3S. The summed E-state index contributed by atoms with van der Waals surface area (Å²) >= 11 is 4.62. The number of halogens is 1. The lowest BCUT2D eigenvalue weighted by Crippen LogP contribution is -2.27. The highest BCUT2D eigenvalue weighted by atomic mass is 79.9. The molecule has 1 aromatic rings. The molecule has 0 atom stereocenters. The summed E-state index contributed by atoms with van der Waals surface area (Å²) in [5.41, 5.74) is 0. The first kappa shape index (κ1) is 13.5. The Morgan fingerprint density at radius 2 is 2.38 bits per heavy atom. The molecule has 6 heteroatoms. The van der Waals surface area contributed by atoms with Crippen LogP contribution in [0.1, 0.15) is 9.67 Å². The zero-order valence-electron chi connectivity index (χ0n) is 8.99. The number of nitrogens with one attached hydrogen (secondary N) is 1. The van der Waals surface area contributed by atoms with Gasteiger partial charge in [0, 0.05) is 11.9 Å². The fourth-order valence-electron chi connectivity index (χ4n) is 1.10. The minimum absolute atomic E-state index is 0.116. The molecule has 4 nitrogen and oxygen atoms in total. The van der Waals surface area contributed by atoms with Crippen LogP contribution in [0.15, 0.2) is 11.4 Å². The van der Waals surface area contributed by atoms with E-state index in [0.29, 0.717) is 30.4 Å². The molecule has 16 heavy (non-hydrogen) atoms. The predicted molar refractivity (Wildman–Crippen MR) is 67.8 cm³/mol. The third kappa shape index (κ3) is 4.11. The second-order valence-electron chi connectivity index (χ2n) is 2.88. The summed E-state index contributed by atoms with van der Waals surface area (Å²) in [6.45, 7) is 1.68. The third-order valence-corrected chi connectivity index (χ3v) is 3.03. The maximum Gasteiger partial charge on any atom is 0.265 e. The summed E-state index contributed by atoms with van der Waals surface area (Å²) < 4.78 is 10.3. The fraction of sp³-hybridized carbons (Fsp3) is 0.500. The van der Waals surface area contributed by atoms with Gasteiger partial charge in [0.1, 0.15) is 10.6 Å². The van der Waals surface area contributed by atoms with Gasteiger partial charge in [-0.3, -0.25) is 4.79 Å². The molecule has 0 aliphatic carbocycles. The number of hydrogen-bond donors (Lipinski definition) is 1. The standard InChI is InChI=1S/C10H14BrNO3S/c1-14-8-2-7-16-9(8)10(13)12-4-6-15-5-3-11/h2,7H,3-6H2,1H3,(H,12,13). The van der Waals surface area contributed by atoms with E-state index < -0.39 is 0 Å². The van der Waals surface area contributed by atoms with Gasteiger partial charge in [0.05, 0.1) is 20.3 Å². The molecular weight excluding hydrogens is 294 g/mol. The van der Waals surface area contributed by atoms with Crippen LogP contribution in [0.4, 0.5) is 0 Å². The second-order valence-corrected chi connectivity index (χ2v) is 4.58. The van der Waals surface area contributed by atoms with Crippen LogP contribution in [0.2, 0.25) is 0 Å². The number of alkyl halides is 1. The van der Waals surface area contributed by atoms with E-state index in [2.05, 4.69) is 21.2 Å². The molecule has 0 aromatic carbocycles. The van der Waals surface area contributed by atoms with Crippen LogP contribution >= 0.6 is 27.3 Å². The van der Waals surface area contributed by atoms with Crippen LogP contribution in [-0.4, -0.2) is 38.1 Å². The highest BCUT2D eigenvalue weighted by molar-refractivity contribution is 9.09. The Hall–Kier alpha value is -0.590. The SMILES string of the molecule is COc1ccsc1C(=O)NCCOCCBr. The topological polar surface area (TPSA) is 47.6 Å². The minimum atomic E-state index is -0.116. The predicted octanol–water partition coefficient (Wildman–Crippen LogP) is 1.90. The molecule has 1 rings (SSSR count). The lowest BCUT2D eigenvalue weighted by atomic mass is 10.4. The van der Waals surface area contributed by atoms with Crippen molar-refractivity contribution in [2.24, 2.45) is 0 Å². The highest BCUT2D eigenvalue weighted by Gasteiger charge is 2.12. The molecule has 0 unspecified atom stereocenters. The first-order valence-corrected chi connectivity index (χ1v) is 6.83. The third-order valence-electron chi connectivity index (χ3n) is 1.81. The van der Waals surface area contributed by atoms with E-state index in [0.717, 1.165) is 5.33 Å². The summed E-state index contributed by atoms with van der Waals surface area (Å²) in [5.74, 6) is 0.498. The van der Waals surface area contributed by atoms with Gasteiger partial charge in [-0.2, -0.15) is 0 Å². The van der Waals surface area contributed by atoms with E-state index >= 15 is 0 Å². The van der Waals surface area contributed by atoms with E-state index in [1.54, 1.807) is 13.2 Å². The lowest BCUT2D eigenvalue weighted by molar-refractivity contribution is 0.0925. The first-order chi connectivity index (χ1) is 7.79. The van der Waals surface area contributed by atoms with E-state index in [1.807, 2.05) is 5.38 Å². The molecule has 90 valence electrons. The van der Waals surface area contributed by atoms with Crippen LogP contribution < -0.4 is 10.1 Å². The van der Waals surface area contributed by atoms with E-state index in [4.69, 9.17) is 9.47 Å². The van der Waals surface area contributed by atoms with Gasteiger partial charge in [-0.05, 0) is 11.4 Å². The van der Waals surface area contributed by atoms with Crippen molar-refractivity contribution in [2.45, 2.75) is 0 Å². The molecule has 0 aliphatic heterocycles. The number of thiophene rings is 1. The number of carbonyl (C=O) groups excluding carboxylic acids is 1. The van der Waals surface area contributed by atoms with Crippen molar-refractivity contribution >= 4 is 33.2 Å². The quantitative estimate of drug-likeness (QED) is 0.618. The molecule has 0 aliphatic rings. The summed E-state index contributed by atoms with van der Waals surface area (Å²) in [6.07, 6.45) is 0. The van der Waals surface area contributed by atoms with Gasteiger partial charge in [0.25, 0.3) is 5.91 Å². The summed E-state index contributed by atoms with van der Waals surface area (Å²) in [5, 5.41) is 5.40. The maximum absolute atomic E-state index is 11.7. The van der Waals surface area contributed by atoms with Gasteiger partial charge in [-0.1, -0.05) is 15.9 Å². The Labute approximate surface area is 107 Å². The van der Waals surface area contributed by atoms with Gasteiger partial charge < -0.3 is 14.8 Å². The molecule has 1 heterocycles. The minimum Gasteiger partial charge on any atom is -0.495 e. The number of hydrogen-bond acceptors (Lipinski definition) is 4. The molecule has 1 aromatic heterocycles. The average Bonchev–Trinajstić information content (AvgIpc) is 2.76. The number of carbonyl (C=O) groups is 1. The molecule has 1 N–H and O–H groups in total. The molecule has 0 saturated heterocycles.